The maximum atomic E-state index is 11.5. The summed E-state index contributed by atoms with van der Waals surface area (Å²) in [7, 11) is -1.34. The third-order valence-electron chi connectivity index (χ3n) is 3.54. The second-order valence-corrected chi connectivity index (χ2v) is 7.10. The maximum Gasteiger partial charge on any atom is 0.325 e. The Bertz CT molecular complexity index is 555. The molecule has 0 amide bonds. The fourth-order valence-electron chi connectivity index (χ4n) is 2.49. The average Bonchev–Trinajstić information content (AvgIpc) is 2.71. The molecule has 0 aliphatic carbocycles. The quantitative estimate of drug-likeness (QED) is 0.890. The minimum absolute atomic E-state index is 0.0418. The predicted molar refractivity (Wildman–Crippen MR) is 71.6 cm³/mol. The Morgan fingerprint density at radius 1 is 1.37 bits per heavy atom. The highest BCUT2D eigenvalue weighted by atomic mass is 32.2. The maximum absolute atomic E-state index is 11.5. The highest BCUT2D eigenvalue weighted by Crippen LogP contribution is 2.26. The van der Waals surface area contributed by atoms with Crippen LogP contribution in [0.25, 0.3) is 0 Å². The molecule has 1 heterocycles. The Morgan fingerprint density at radius 2 is 2.00 bits per heavy atom. The summed E-state index contributed by atoms with van der Waals surface area (Å²) >= 11 is 0. The van der Waals surface area contributed by atoms with Gasteiger partial charge < -0.3 is 5.11 Å². The van der Waals surface area contributed by atoms with E-state index < -0.39 is 21.8 Å². The van der Waals surface area contributed by atoms with Crippen molar-refractivity contribution in [2.45, 2.75) is 18.5 Å². The van der Waals surface area contributed by atoms with Crippen LogP contribution in [0.1, 0.15) is 18.0 Å². The summed E-state index contributed by atoms with van der Waals surface area (Å²) in [5.74, 6) is -0.776. The van der Waals surface area contributed by atoms with E-state index in [9.17, 15) is 18.3 Å². The number of aliphatic carboxylic acids is 1. The monoisotopic (exact) mass is 283 g/mol. The molecule has 1 N–H and O–H groups in total. The van der Waals surface area contributed by atoms with Crippen LogP contribution in [0.3, 0.4) is 0 Å². The SMILES string of the molecule is CN(C1CCS(=O)(=O)C1)C(C(=O)O)c1ccccc1. The van der Waals surface area contributed by atoms with Gasteiger partial charge in [-0.2, -0.15) is 0 Å². The van der Waals surface area contributed by atoms with Crippen molar-refractivity contribution in [2.24, 2.45) is 0 Å². The first-order valence-corrected chi connectivity index (χ1v) is 7.93. The van der Waals surface area contributed by atoms with Crippen molar-refractivity contribution in [3.05, 3.63) is 35.9 Å². The highest BCUT2D eigenvalue weighted by molar-refractivity contribution is 7.91. The molecule has 0 radical (unpaired) electrons. The summed E-state index contributed by atoms with van der Waals surface area (Å²) in [6.45, 7) is 0. The highest BCUT2D eigenvalue weighted by Gasteiger charge is 2.36. The Hall–Kier alpha value is -1.40. The van der Waals surface area contributed by atoms with Crippen LogP contribution in [0, 0.1) is 0 Å². The minimum Gasteiger partial charge on any atom is -0.480 e. The van der Waals surface area contributed by atoms with E-state index in [4.69, 9.17) is 0 Å². The molecule has 19 heavy (non-hydrogen) atoms. The van der Waals surface area contributed by atoms with Crippen LogP contribution in [0.2, 0.25) is 0 Å². The van der Waals surface area contributed by atoms with Crippen LogP contribution in [0.5, 0.6) is 0 Å². The van der Waals surface area contributed by atoms with Gasteiger partial charge in [-0.15, -0.1) is 0 Å². The van der Waals surface area contributed by atoms with Gasteiger partial charge in [0.2, 0.25) is 0 Å². The summed E-state index contributed by atoms with van der Waals surface area (Å²) in [6.07, 6.45) is 0.495. The Kier molecular flexibility index (Phi) is 3.91. The zero-order chi connectivity index (χ0) is 14.0. The molecule has 2 unspecified atom stereocenters. The number of hydrogen-bond acceptors (Lipinski definition) is 4. The van der Waals surface area contributed by atoms with Gasteiger partial charge in [0.15, 0.2) is 9.84 Å². The van der Waals surface area contributed by atoms with Gasteiger partial charge in [0.25, 0.3) is 0 Å². The molecule has 1 aliphatic heterocycles. The number of carbonyl (C=O) groups is 1. The van der Waals surface area contributed by atoms with Gasteiger partial charge in [0, 0.05) is 6.04 Å². The molecule has 1 aromatic rings. The topological polar surface area (TPSA) is 74.7 Å². The van der Waals surface area contributed by atoms with Gasteiger partial charge in [-0.25, -0.2) is 8.42 Å². The molecule has 0 saturated carbocycles. The van der Waals surface area contributed by atoms with E-state index in [0.717, 1.165) is 0 Å². The van der Waals surface area contributed by atoms with E-state index in [2.05, 4.69) is 0 Å². The molecule has 1 aliphatic rings. The summed E-state index contributed by atoms with van der Waals surface area (Å²) in [4.78, 5) is 13.1. The van der Waals surface area contributed by atoms with Crippen molar-refractivity contribution in [3.63, 3.8) is 0 Å². The fraction of sp³-hybridized carbons (Fsp3) is 0.462. The first kappa shape index (κ1) is 14.0. The number of rotatable bonds is 4. The summed E-state index contributed by atoms with van der Waals surface area (Å²) in [6, 6.07) is 7.85. The van der Waals surface area contributed by atoms with Gasteiger partial charge in [0.05, 0.1) is 11.5 Å². The standard InChI is InChI=1S/C13H17NO4S/c1-14(11-7-8-19(17,18)9-11)12(13(15)16)10-5-3-2-4-6-10/h2-6,11-12H,7-9H2,1H3,(H,15,16). The van der Waals surface area contributed by atoms with E-state index >= 15 is 0 Å². The number of nitrogens with zero attached hydrogens (tertiary/aromatic N) is 1. The van der Waals surface area contributed by atoms with Crippen molar-refractivity contribution >= 4 is 15.8 Å². The van der Waals surface area contributed by atoms with Crippen LogP contribution in [0.4, 0.5) is 0 Å². The van der Waals surface area contributed by atoms with E-state index in [1.54, 1.807) is 36.2 Å². The summed E-state index contributed by atoms with van der Waals surface area (Å²) in [5.41, 5.74) is 0.668. The lowest BCUT2D eigenvalue weighted by Crippen LogP contribution is -2.39. The molecule has 1 fully saturated rings. The lowest BCUT2D eigenvalue weighted by molar-refractivity contribution is -0.143. The van der Waals surface area contributed by atoms with E-state index in [1.807, 2.05) is 6.07 Å². The summed E-state index contributed by atoms with van der Waals surface area (Å²) in [5, 5.41) is 9.40. The second kappa shape index (κ2) is 5.30. The number of carboxylic acids is 1. The lowest BCUT2D eigenvalue weighted by Gasteiger charge is -2.29. The van der Waals surface area contributed by atoms with Crippen molar-refractivity contribution < 1.29 is 18.3 Å². The molecule has 0 aromatic heterocycles. The van der Waals surface area contributed by atoms with Gasteiger partial charge >= 0.3 is 5.97 Å². The number of likely N-dealkylation sites (N-methyl/N-ethyl adjacent to an activating group) is 1. The first-order valence-electron chi connectivity index (χ1n) is 6.11. The lowest BCUT2D eigenvalue weighted by atomic mass is 10.0. The molecule has 2 atom stereocenters. The Labute approximate surface area is 112 Å². The molecule has 5 nitrogen and oxygen atoms in total. The number of hydrogen-bond donors (Lipinski definition) is 1. The largest absolute Gasteiger partial charge is 0.480 e. The molecular weight excluding hydrogens is 266 g/mol. The van der Waals surface area contributed by atoms with E-state index in [-0.39, 0.29) is 17.5 Å². The van der Waals surface area contributed by atoms with Gasteiger partial charge in [0.1, 0.15) is 6.04 Å². The molecule has 6 heteroatoms. The smallest absolute Gasteiger partial charge is 0.325 e. The minimum atomic E-state index is -3.02. The number of carboxylic acid groups (broad SMARTS) is 1. The Balaban J connectivity index is 2.23. The fourth-order valence-corrected chi connectivity index (χ4v) is 4.28. The predicted octanol–water partition coefficient (Wildman–Crippen LogP) is 0.931. The molecule has 1 saturated heterocycles. The van der Waals surface area contributed by atoms with Crippen LogP contribution >= 0.6 is 0 Å². The van der Waals surface area contributed by atoms with Crippen molar-refractivity contribution in [2.75, 3.05) is 18.6 Å². The zero-order valence-electron chi connectivity index (χ0n) is 10.7. The van der Waals surface area contributed by atoms with E-state index in [0.29, 0.717) is 12.0 Å². The molecule has 0 spiro atoms. The number of benzene rings is 1. The third-order valence-corrected chi connectivity index (χ3v) is 5.29. The van der Waals surface area contributed by atoms with Crippen molar-refractivity contribution in [1.29, 1.82) is 0 Å². The normalized spacial score (nSPS) is 23.4. The third kappa shape index (κ3) is 3.13. The molecule has 2 rings (SSSR count). The van der Waals surface area contributed by atoms with Crippen LogP contribution in [0.15, 0.2) is 30.3 Å². The van der Waals surface area contributed by atoms with Crippen LogP contribution in [-0.2, 0) is 14.6 Å². The van der Waals surface area contributed by atoms with E-state index in [1.165, 1.54) is 0 Å². The number of sulfone groups is 1. The molecule has 0 bridgehead atoms. The summed E-state index contributed by atoms with van der Waals surface area (Å²) < 4.78 is 23.0. The van der Waals surface area contributed by atoms with Gasteiger partial charge in [-0.1, -0.05) is 30.3 Å². The van der Waals surface area contributed by atoms with Crippen molar-refractivity contribution in [1.82, 2.24) is 4.90 Å². The van der Waals surface area contributed by atoms with Crippen LogP contribution in [-0.4, -0.2) is 49.0 Å². The first-order chi connectivity index (χ1) is 8.91. The van der Waals surface area contributed by atoms with Gasteiger partial charge in [-0.3, -0.25) is 9.69 Å². The molecular formula is C13H17NO4S. The Morgan fingerprint density at radius 3 is 2.47 bits per heavy atom. The molecule has 104 valence electrons. The second-order valence-electron chi connectivity index (χ2n) is 4.87. The van der Waals surface area contributed by atoms with Crippen molar-refractivity contribution in [3.8, 4) is 0 Å². The molecule has 1 aromatic carbocycles. The zero-order valence-corrected chi connectivity index (χ0v) is 11.5. The average molecular weight is 283 g/mol. The van der Waals surface area contributed by atoms with Gasteiger partial charge in [-0.05, 0) is 19.0 Å². The van der Waals surface area contributed by atoms with Crippen LogP contribution < -0.4 is 0 Å².